The fourth-order valence-electron chi connectivity index (χ4n) is 8.08. The normalized spacial score (nSPS) is 15.5. The Bertz CT molecular complexity index is 2410. The highest BCUT2D eigenvalue weighted by atomic mass is 16.4. The first-order valence-corrected chi connectivity index (χ1v) is 24.0. The smallest absolute Gasteiger partial charge is 0.326 e. The van der Waals surface area contributed by atoms with Gasteiger partial charge >= 0.3 is 41.8 Å². The van der Waals surface area contributed by atoms with Crippen LogP contribution in [0.4, 0.5) is 10.5 Å². The van der Waals surface area contributed by atoms with Gasteiger partial charge in [-0.3, -0.25) is 53.2 Å². The van der Waals surface area contributed by atoms with Crippen LogP contribution in [0.25, 0.3) is 10.8 Å². The lowest BCUT2D eigenvalue weighted by Gasteiger charge is -2.32. The molecule has 3 aromatic carbocycles. The number of anilines is 1. The van der Waals surface area contributed by atoms with Crippen molar-refractivity contribution >= 4 is 76.0 Å². The van der Waals surface area contributed by atoms with Crippen molar-refractivity contribution in [2.45, 2.75) is 63.1 Å². The van der Waals surface area contributed by atoms with Gasteiger partial charge in [-0.05, 0) is 59.7 Å². The van der Waals surface area contributed by atoms with Gasteiger partial charge in [0, 0.05) is 77.4 Å². The zero-order valence-corrected chi connectivity index (χ0v) is 40.8. The van der Waals surface area contributed by atoms with Crippen molar-refractivity contribution in [1.82, 2.24) is 40.9 Å². The Kier molecular flexibility index (Phi) is 24.1. The molecule has 0 radical (unpaired) electrons. The third kappa shape index (κ3) is 22.4. The maximum absolute atomic E-state index is 13.7. The number of amides is 5. The Labute approximate surface area is 425 Å². The molecule has 25 nitrogen and oxygen atoms in total. The molecule has 0 spiro atoms. The van der Waals surface area contributed by atoms with Crippen molar-refractivity contribution in [2.75, 3.05) is 90.4 Å². The highest BCUT2D eigenvalue weighted by Crippen LogP contribution is 2.18. The molecular formula is C49H65N9O16. The molecular weight excluding hydrogens is 971 g/mol. The number of hydrogen-bond acceptors (Lipinski definition) is 14. The van der Waals surface area contributed by atoms with Gasteiger partial charge in [0.2, 0.25) is 17.7 Å². The number of nitrogens with one attached hydrogen (secondary N) is 5. The molecule has 5 amide bonds. The van der Waals surface area contributed by atoms with Gasteiger partial charge in [-0.25, -0.2) is 14.4 Å². The van der Waals surface area contributed by atoms with E-state index < -0.39 is 90.5 Å². The number of fused-ring (bicyclic) bond motifs is 1. The van der Waals surface area contributed by atoms with E-state index in [4.69, 9.17) is 5.11 Å². The minimum Gasteiger partial charge on any atom is -0.481 e. The van der Waals surface area contributed by atoms with Crippen LogP contribution in [0.2, 0.25) is 0 Å². The average molecular weight is 1040 g/mol. The average Bonchev–Trinajstić information content (AvgIpc) is 3.32. The molecule has 4 rings (SSSR count). The third-order valence-corrected chi connectivity index (χ3v) is 12.0. The second kappa shape index (κ2) is 30.3. The van der Waals surface area contributed by atoms with Crippen LogP contribution >= 0.6 is 0 Å². The van der Waals surface area contributed by atoms with Crippen LogP contribution < -0.4 is 26.6 Å². The lowest BCUT2D eigenvalue weighted by atomic mass is 10.0. The van der Waals surface area contributed by atoms with Crippen LogP contribution in [-0.2, 0) is 56.0 Å². The van der Waals surface area contributed by atoms with E-state index in [2.05, 4.69) is 26.6 Å². The van der Waals surface area contributed by atoms with Crippen LogP contribution in [0, 0.1) is 0 Å². The lowest BCUT2D eigenvalue weighted by molar-refractivity contribution is -0.141. The molecule has 0 bridgehead atoms. The number of urea groups is 1. The Morgan fingerprint density at radius 1 is 0.486 bits per heavy atom. The first-order chi connectivity index (χ1) is 35.2. The molecule has 3 atom stereocenters. The molecule has 25 heteroatoms. The molecule has 11 N–H and O–H groups in total. The van der Waals surface area contributed by atoms with Crippen LogP contribution in [0.3, 0.4) is 0 Å². The van der Waals surface area contributed by atoms with E-state index in [-0.39, 0.29) is 117 Å². The number of benzene rings is 3. The van der Waals surface area contributed by atoms with E-state index in [0.717, 1.165) is 16.3 Å². The summed E-state index contributed by atoms with van der Waals surface area (Å²) in [6.45, 7) is 0.937. The molecule has 1 saturated heterocycles. The maximum Gasteiger partial charge on any atom is 0.326 e. The van der Waals surface area contributed by atoms with Gasteiger partial charge in [-0.15, -0.1) is 0 Å². The summed E-state index contributed by atoms with van der Waals surface area (Å²) in [5.41, 5.74) is 1.73. The first kappa shape index (κ1) is 58.8. The van der Waals surface area contributed by atoms with Gasteiger partial charge in [0.15, 0.2) is 0 Å². The summed E-state index contributed by atoms with van der Waals surface area (Å²) >= 11 is 0. The summed E-state index contributed by atoms with van der Waals surface area (Å²) in [4.78, 5) is 129. The summed E-state index contributed by atoms with van der Waals surface area (Å²) in [6.07, 6.45) is -0.599. The second-order valence-electron chi connectivity index (χ2n) is 17.8. The quantitative estimate of drug-likeness (QED) is 0.0443. The molecule has 1 aliphatic rings. The van der Waals surface area contributed by atoms with E-state index in [1.165, 1.54) is 0 Å². The van der Waals surface area contributed by atoms with Crippen LogP contribution in [0.1, 0.15) is 43.2 Å². The molecule has 0 saturated carbocycles. The van der Waals surface area contributed by atoms with E-state index in [1.54, 1.807) is 43.9 Å². The van der Waals surface area contributed by atoms with Gasteiger partial charge in [0.25, 0.3) is 0 Å². The number of unbranched alkanes of at least 4 members (excludes halogenated alkanes) is 1. The standard InChI is InChI=1S/C49H65N9O16/c59-40(27-32-9-12-36(13-10-32)51-41(60)28-55-17-19-56(29-43(63)64)21-23-58(31-45(67)68)24-22-57(20-18-55)30-44(65)66)52-39(26-33-8-11-34-5-1-2-6-35(34)25-33)46(69)50-16-4-3-7-37(47(70)71)53-49(74)54-38(48(72)73)14-15-42(61)62/h1-2,5-6,8-13,25,37-39H,3-4,7,14-24,26-31H2,(H,50,69)(H,51,60)(H,52,59)(H,61,62)(H,63,64)(H,65,66)(H,67,68)(H,70,71)(H,72,73)(H2,53,54,74)/t37-,38-,39?/m0/s1. The van der Waals surface area contributed by atoms with E-state index in [1.807, 2.05) is 42.5 Å². The van der Waals surface area contributed by atoms with Gasteiger partial charge in [-0.2, -0.15) is 0 Å². The molecule has 3 aromatic rings. The summed E-state index contributed by atoms with van der Waals surface area (Å²) in [5, 5.41) is 70.9. The van der Waals surface area contributed by atoms with Gasteiger partial charge in [0.05, 0.1) is 32.6 Å². The van der Waals surface area contributed by atoms with Crippen LogP contribution in [0.15, 0.2) is 66.7 Å². The maximum atomic E-state index is 13.7. The number of carboxylic acids is 6. The number of rotatable bonds is 27. The third-order valence-electron chi connectivity index (χ3n) is 12.0. The summed E-state index contributed by atoms with van der Waals surface area (Å²) in [5.74, 6) is -8.77. The highest BCUT2D eigenvalue weighted by molar-refractivity contribution is 5.93. The van der Waals surface area contributed by atoms with E-state index in [9.17, 15) is 73.5 Å². The van der Waals surface area contributed by atoms with Gasteiger partial charge in [-0.1, -0.05) is 54.6 Å². The van der Waals surface area contributed by atoms with Crippen molar-refractivity contribution in [1.29, 1.82) is 0 Å². The fourth-order valence-corrected chi connectivity index (χ4v) is 8.08. The monoisotopic (exact) mass is 1040 g/mol. The molecule has 74 heavy (non-hydrogen) atoms. The van der Waals surface area contributed by atoms with Gasteiger partial charge < -0.3 is 57.2 Å². The van der Waals surface area contributed by atoms with Crippen molar-refractivity contribution in [2.24, 2.45) is 0 Å². The topological polar surface area (TPSA) is 365 Å². The molecule has 0 aliphatic carbocycles. The Morgan fingerprint density at radius 3 is 1.47 bits per heavy atom. The highest BCUT2D eigenvalue weighted by Gasteiger charge is 2.27. The molecule has 0 aromatic heterocycles. The van der Waals surface area contributed by atoms with Crippen molar-refractivity contribution in [3.05, 3.63) is 77.9 Å². The van der Waals surface area contributed by atoms with Gasteiger partial charge in [0.1, 0.15) is 18.1 Å². The van der Waals surface area contributed by atoms with E-state index >= 15 is 0 Å². The predicted molar refractivity (Wildman–Crippen MR) is 265 cm³/mol. The second-order valence-corrected chi connectivity index (χ2v) is 17.8. The van der Waals surface area contributed by atoms with Crippen molar-refractivity contribution in [3.8, 4) is 0 Å². The minimum atomic E-state index is -1.56. The number of nitrogens with zero attached hydrogens (tertiary/aromatic N) is 4. The zero-order valence-electron chi connectivity index (χ0n) is 40.8. The Morgan fingerprint density at radius 2 is 0.973 bits per heavy atom. The van der Waals surface area contributed by atoms with Crippen LogP contribution in [-0.4, -0.2) is 213 Å². The Hall–Kier alpha value is -7.74. The molecule has 1 aliphatic heterocycles. The number of aliphatic carboxylic acids is 6. The largest absolute Gasteiger partial charge is 0.481 e. The summed E-state index contributed by atoms with van der Waals surface area (Å²) in [7, 11) is 0. The zero-order chi connectivity index (χ0) is 54.2. The first-order valence-electron chi connectivity index (χ1n) is 24.0. The fraction of sp³-hybridized carbons (Fsp3) is 0.469. The van der Waals surface area contributed by atoms with E-state index in [0.29, 0.717) is 11.3 Å². The predicted octanol–water partition coefficient (Wildman–Crippen LogP) is -0.119. The molecule has 1 heterocycles. The van der Waals surface area contributed by atoms with Crippen molar-refractivity contribution in [3.63, 3.8) is 0 Å². The molecule has 1 fully saturated rings. The number of carbonyl (C=O) groups is 10. The van der Waals surface area contributed by atoms with Crippen LogP contribution in [0.5, 0.6) is 0 Å². The number of carbonyl (C=O) groups excluding carboxylic acids is 4. The lowest BCUT2D eigenvalue weighted by Crippen LogP contribution is -2.51. The summed E-state index contributed by atoms with van der Waals surface area (Å²) in [6, 6.07) is 14.6. The van der Waals surface area contributed by atoms with Crippen molar-refractivity contribution < 1.29 is 78.6 Å². The minimum absolute atomic E-state index is 0.0735. The molecule has 402 valence electrons. The number of carboxylic acid groups (broad SMARTS) is 6. The Balaban J connectivity index is 1.35. The molecule has 1 unspecified atom stereocenters. The number of hydrogen-bond donors (Lipinski definition) is 11. The summed E-state index contributed by atoms with van der Waals surface area (Å²) < 4.78 is 0. The SMILES string of the molecule is O=C(O)CC[C@H](NC(=O)N[C@@H](CCCCNC(=O)C(Cc1ccc2ccccc2c1)NC(=O)Cc1ccc(NC(=O)CN2CCN(CC(=O)O)CCN(CC(=O)O)CCN(CC(=O)O)CC2)cc1)C(=O)O)C(=O)O.